The van der Waals surface area contributed by atoms with Gasteiger partial charge in [-0.05, 0) is 85.5 Å². The number of aromatic nitrogens is 4. The van der Waals surface area contributed by atoms with Gasteiger partial charge in [-0.3, -0.25) is 24.5 Å². The summed E-state index contributed by atoms with van der Waals surface area (Å²) in [5, 5.41) is 6.27. The van der Waals surface area contributed by atoms with E-state index in [-0.39, 0.29) is 24.3 Å². The molecule has 44 heavy (non-hydrogen) atoms. The normalized spacial score (nSPS) is 15.1. The highest BCUT2D eigenvalue weighted by molar-refractivity contribution is 6.03. The van der Waals surface area contributed by atoms with Crippen molar-refractivity contribution in [2.45, 2.75) is 38.8 Å². The van der Waals surface area contributed by atoms with Gasteiger partial charge in [0.05, 0.1) is 18.4 Å². The topological polar surface area (TPSA) is 105 Å². The van der Waals surface area contributed by atoms with Gasteiger partial charge in [0, 0.05) is 54.8 Å². The Hall–Kier alpha value is -5.15. The summed E-state index contributed by atoms with van der Waals surface area (Å²) in [5.41, 5.74) is 6.61. The Morgan fingerprint density at radius 1 is 0.909 bits per heavy atom. The number of anilines is 1. The first-order valence-electron chi connectivity index (χ1n) is 14.9. The summed E-state index contributed by atoms with van der Waals surface area (Å²) in [6.07, 6.45) is 9.31. The third-order valence-electron chi connectivity index (χ3n) is 7.69. The predicted molar refractivity (Wildman–Crippen MR) is 170 cm³/mol. The van der Waals surface area contributed by atoms with E-state index in [1.807, 2.05) is 90.5 Å². The van der Waals surface area contributed by atoms with Crippen LogP contribution in [0.4, 0.5) is 5.69 Å². The molecule has 1 aliphatic rings. The zero-order valence-electron chi connectivity index (χ0n) is 24.7. The van der Waals surface area contributed by atoms with Crippen LogP contribution < -0.4 is 10.6 Å². The number of imidazole rings is 1. The van der Waals surface area contributed by atoms with Crippen molar-refractivity contribution in [2.24, 2.45) is 0 Å². The second kappa shape index (κ2) is 13.4. The van der Waals surface area contributed by atoms with Crippen molar-refractivity contribution in [3.05, 3.63) is 126 Å². The van der Waals surface area contributed by atoms with Crippen molar-refractivity contribution in [2.75, 3.05) is 18.4 Å². The van der Waals surface area contributed by atoms with E-state index in [0.717, 1.165) is 59.7 Å². The average Bonchev–Trinajstić information content (AvgIpc) is 3.48. The molecule has 6 rings (SSSR count). The minimum atomic E-state index is -0.277. The number of benzene rings is 2. The van der Waals surface area contributed by atoms with Gasteiger partial charge in [0.1, 0.15) is 5.69 Å². The van der Waals surface area contributed by atoms with E-state index < -0.39 is 0 Å². The fourth-order valence-electron chi connectivity index (χ4n) is 5.63. The molecule has 0 bridgehead atoms. The van der Waals surface area contributed by atoms with Gasteiger partial charge in [0.2, 0.25) is 5.91 Å². The summed E-state index contributed by atoms with van der Waals surface area (Å²) >= 11 is 0. The maximum atomic E-state index is 13.4. The molecule has 0 aliphatic carbocycles. The Kier molecular flexibility index (Phi) is 8.84. The Morgan fingerprint density at radius 3 is 2.57 bits per heavy atom. The van der Waals surface area contributed by atoms with Gasteiger partial charge in [-0.2, -0.15) is 0 Å². The van der Waals surface area contributed by atoms with Crippen molar-refractivity contribution < 1.29 is 9.59 Å². The van der Waals surface area contributed by atoms with Crippen LogP contribution in [0.25, 0.3) is 16.8 Å². The molecule has 0 radical (unpaired) electrons. The Labute approximate surface area is 257 Å². The van der Waals surface area contributed by atoms with Crippen molar-refractivity contribution in [1.29, 1.82) is 0 Å². The number of aryl methyl sites for hydroxylation is 1. The van der Waals surface area contributed by atoms with E-state index in [0.29, 0.717) is 17.9 Å². The number of piperidine rings is 1. The number of rotatable bonds is 9. The Bertz CT molecular complexity index is 1740. The summed E-state index contributed by atoms with van der Waals surface area (Å²) in [6, 6.07) is 25.4. The molecule has 4 heterocycles. The number of hydrogen-bond donors (Lipinski definition) is 2. The zero-order chi connectivity index (χ0) is 30.3. The van der Waals surface area contributed by atoms with Gasteiger partial charge in [-0.15, -0.1) is 0 Å². The molecule has 1 aliphatic heterocycles. The van der Waals surface area contributed by atoms with E-state index in [2.05, 4.69) is 36.6 Å². The fraction of sp³-hybridized carbons (Fsp3) is 0.229. The van der Waals surface area contributed by atoms with Crippen molar-refractivity contribution in [3.63, 3.8) is 0 Å². The maximum absolute atomic E-state index is 13.4. The lowest BCUT2D eigenvalue weighted by Gasteiger charge is -2.33. The second-order valence-electron chi connectivity index (χ2n) is 11.2. The molecule has 2 aromatic carbocycles. The van der Waals surface area contributed by atoms with Crippen molar-refractivity contribution in [3.8, 4) is 16.8 Å². The van der Waals surface area contributed by atoms with E-state index in [1.54, 1.807) is 18.7 Å². The van der Waals surface area contributed by atoms with Gasteiger partial charge in [0.25, 0.3) is 5.91 Å². The molecule has 1 saturated heterocycles. The molecule has 222 valence electrons. The summed E-state index contributed by atoms with van der Waals surface area (Å²) in [5.74, 6) is -0.288. The highest BCUT2D eigenvalue weighted by Gasteiger charge is 2.22. The molecular weight excluding hydrogens is 550 g/mol. The maximum Gasteiger partial charge on any atom is 0.274 e. The molecule has 0 spiro atoms. The van der Waals surface area contributed by atoms with Gasteiger partial charge in [0.15, 0.2) is 0 Å². The lowest BCUT2D eigenvalue weighted by Crippen LogP contribution is -2.47. The lowest BCUT2D eigenvalue weighted by molar-refractivity contribution is -0.121. The molecule has 2 N–H and O–H groups in total. The SMILES string of the molecule is Cc1cn(-c2cc(CN3CCCC(NC(=O)Cc4ccccn4)C3)cc(NC(=O)c3cc(-c4ccccc4)ccn3)c2)cn1. The van der Waals surface area contributed by atoms with Crippen LogP contribution in [0.1, 0.15) is 40.3 Å². The summed E-state index contributed by atoms with van der Waals surface area (Å²) in [6.45, 7) is 4.31. The number of nitrogens with one attached hydrogen (secondary N) is 2. The minimum absolute atomic E-state index is 0.0111. The average molecular weight is 586 g/mol. The van der Waals surface area contributed by atoms with Gasteiger partial charge in [-0.1, -0.05) is 36.4 Å². The van der Waals surface area contributed by atoms with Crippen LogP contribution in [0.5, 0.6) is 0 Å². The summed E-state index contributed by atoms with van der Waals surface area (Å²) < 4.78 is 1.96. The van der Waals surface area contributed by atoms with E-state index in [9.17, 15) is 9.59 Å². The molecule has 1 fully saturated rings. The first kappa shape index (κ1) is 28.9. The molecule has 1 atom stereocenters. The number of hydrogen-bond acceptors (Lipinski definition) is 6. The molecule has 5 aromatic rings. The molecule has 2 amide bonds. The highest BCUT2D eigenvalue weighted by atomic mass is 16.2. The van der Waals surface area contributed by atoms with Gasteiger partial charge in [-0.25, -0.2) is 4.98 Å². The van der Waals surface area contributed by atoms with Crippen molar-refractivity contribution in [1.82, 2.24) is 29.7 Å². The summed E-state index contributed by atoms with van der Waals surface area (Å²) in [7, 11) is 0. The van der Waals surface area contributed by atoms with E-state index >= 15 is 0 Å². The molecular formula is C35H35N7O2. The third kappa shape index (κ3) is 7.43. The zero-order valence-corrected chi connectivity index (χ0v) is 24.7. The number of carbonyl (C=O) groups excluding carboxylic acids is 2. The second-order valence-corrected chi connectivity index (χ2v) is 11.2. The lowest BCUT2D eigenvalue weighted by atomic mass is 10.0. The monoisotopic (exact) mass is 585 g/mol. The molecule has 9 nitrogen and oxygen atoms in total. The smallest absolute Gasteiger partial charge is 0.274 e. The van der Waals surface area contributed by atoms with Crippen LogP contribution >= 0.6 is 0 Å². The minimum Gasteiger partial charge on any atom is -0.352 e. The quantitative estimate of drug-likeness (QED) is 0.246. The van der Waals surface area contributed by atoms with Crippen LogP contribution in [-0.4, -0.2) is 55.4 Å². The number of likely N-dealkylation sites (tertiary alicyclic amines) is 1. The third-order valence-corrected chi connectivity index (χ3v) is 7.69. The van der Waals surface area contributed by atoms with Crippen LogP contribution in [0.2, 0.25) is 0 Å². The van der Waals surface area contributed by atoms with Crippen LogP contribution in [0.15, 0.2) is 104 Å². The van der Waals surface area contributed by atoms with Crippen molar-refractivity contribution >= 4 is 17.5 Å². The van der Waals surface area contributed by atoms with Crippen LogP contribution in [-0.2, 0) is 17.8 Å². The standard InChI is InChI=1S/C35H35N7O2/c1-25-21-42(24-38-25)32-17-26(22-41-15-7-11-30(23-41)39-34(43)20-29-10-5-6-13-36-29)16-31(19-32)40-35(44)33-18-28(12-14-37-33)27-8-3-2-4-9-27/h2-6,8-10,12-14,16-19,21,24,30H,7,11,15,20,22-23H2,1H3,(H,39,43)(H,40,44). The number of pyridine rings is 2. The first-order valence-corrected chi connectivity index (χ1v) is 14.9. The highest BCUT2D eigenvalue weighted by Crippen LogP contribution is 2.24. The van der Waals surface area contributed by atoms with Gasteiger partial charge >= 0.3 is 0 Å². The molecule has 0 saturated carbocycles. The van der Waals surface area contributed by atoms with Crippen LogP contribution in [0.3, 0.4) is 0 Å². The van der Waals surface area contributed by atoms with E-state index in [1.165, 1.54) is 0 Å². The Morgan fingerprint density at radius 2 is 1.77 bits per heavy atom. The fourth-order valence-corrected chi connectivity index (χ4v) is 5.63. The number of carbonyl (C=O) groups is 2. The number of amides is 2. The number of nitrogens with zero attached hydrogens (tertiary/aromatic N) is 5. The first-order chi connectivity index (χ1) is 21.5. The predicted octanol–water partition coefficient (Wildman–Crippen LogP) is 5.21. The molecule has 9 heteroatoms. The summed E-state index contributed by atoms with van der Waals surface area (Å²) in [4.78, 5) is 41.4. The largest absolute Gasteiger partial charge is 0.352 e. The van der Waals surface area contributed by atoms with Gasteiger partial charge < -0.3 is 15.2 Å². The molecule has 3 aromatic heterocycles. The molecule has 1 unspecified atom stereocenters. The van der Waals surface area contributed by atoms with Crippen LogP contribution in [0, 0.1) is 6.92 Å². The van der Waals surface area contributed by atoms with E-state index in [4.69, 9.17) is 0 Å². The Balaban J connectivity index is 1.18.